The lowest BCUT2D eigenvalue weighted by Gasteiger charge is -2.12. The Morgan fingerprint density at radius 3 is 2.30 bits per heavy atom. The molecular weight excluding hydrogens is 306 g/mol. The van der Waals surface area contributed by atoms with Crippen molar-refractivity contribution in [3.8, 4) is 0 Å². The summed E-state index contributed by atoms with van der Waals surface area (Å²) in [5, 5.41) is 27.9. The number of nitro groups is 2. The van der Waals surface area contributed by atoms with E-state index in [-0.39, 0.29) is 17.1 Å². The second kappa shape index (κ2) is 6.22. The van der Waals surface area contributed by atoms with Gasteiger partial charge < -0.3 is 5.32 Å². The Morgan fingerprint density at radius 1 is 1.22 bits per heavy atom. The maximum absolute atomic E-state index is 12.1. The molecule has 1 aromatic carbocycles. The van der Waals surface area contributed by atoms with E-state index in [2.05, 4.69) is 10.4 Å². The Hall–Kier alpha value is -3.30. The third kappa shape index (κ3) is 3.48. The van der Waals surface area contributed by atoms with Crippen molar-refractivity contribution in [3.63, 3.8) is 0 Å². The topological polar surface area (TPSA) is 133 Å². The van der Waals surface area contributed by atoms with Crippen molar-refractivity contribution >= 4 is 23.0 Å². The van der Waals surface area contributed by atoms with Crippen LogP contribution in [0.5, 0.6) is 0 Å². The largest absolute Gasteiger partial charge is 0.324 e. The smallest absolute Gasteiger partial charge is 0.309 e. The number of amides is 1. The van der Waals surface area contributed by atoms with Crippen LogP contribution in [0.25, 0.3) is 0 Å². The first-order valence-corrected chi connectivity index (χ1v) is 6.55. The zero-order valence-corrected chi connectivity index (χ0v) is 12.3. The van der Waals surface area contributed by atoms with Crippen molar-refractivity contribution in [2.45, 2.75) is 19.9 Å². The molecule has 0 bridgehead atoms. The molecule has 0 aliphatic rings. The minimum Gasteiger partial charge on any atom is -0.324 e. The first kappa shape index (κ1) is 16.1. The van der Waals surface area contributed by atoms with Gasteiger partial charge in [-0.2, -0.15) is 5.10 Å². The van der Waals surface area contributed by atoms with Gasteiger partial charge in [0.05, 0.1) is 9.85 Å². The highest BCUT2D eigenvalue weighted by Gasteiger charge is 2.22. The fourth-order valence-electron chi connectivity index (χ4n) is 1.88. The molecule has 0 spiro atoms. The van der Waals surface area contributed by atoms with Gasteiger partial charge in [-0.1, -0.05) is 0 Å². The molecule has 10 heteroatoms. The molecule has 1 N–H and O–H groups in total. The fraction of sp³-hybridized carbons (Fsp3) is 0.231. The number of carbonyl (C=O) groups is 1. The lowest BCUT2D eigenvalue weighted by Crippen LogP contribution is -2.24. The normalized spacial score (nSPS) is 11.7. The average molecular weight is 319 g/mol. The minimum atomic E-state index is -0.780. The van der Waals surface area contributed by atoms with E-state index >= 15 is 0 Å². The summed E-state index contributed by atoms with van der Waals surface area (Å²) in [6.45, 7) is 3.02. The third-order valence-corrected chi connectivity index (χ3v) is 3.21. The second-order valence-electron chi connectivity index (χ2n) is 4.81. The van der Waals surface area contributed by atoms with Gasteiger partial charge in [0, 0.05) is 17.8 Å². The number of carbonyl (C=O) groups excluding carboxylic acids is 1. The van der Waals surface area contributed by atoms with Crippen LogP contribution < -0.4 is 5.32 Å². The Balaban J connectivity index is 2.12. The molecule has 0 radical (unpaired) electrons. The molecule has 0 aliphatic carbocycles. The molecule has 0 saturated heterocycles. The number of anilines is 1. The van der Waals surface area contributed by atoms with E-state index in [1.807, 2.05) is 0 Å². The van der Waals surface area contributed by atoms with Gasteiger partial charge in [-0.3, -0.25) is 29.7 Å². The van der Waals surface area contributed by atoms with Gasteiger partial charge in [0.15, 0.2) is 0 Å². The van der Waals surface area contributed by atoms with Crippen LogP contribution in [0.4, 0.5) is 17.1 Å². The maximum Gasteiger partial charge on any atom is 0.309 e. The SMILES string of the molecule is Cc1nn(C(C)C(=O)Nc2ccc([N+](=O)[O-])cc2)cc1[N+](=O)[O-]. The summed E-state index contributed by atoms with van der Waals surface area (Å²) in [5.41, 5.74) is 0.338. The molecule has 1 unspecified atom stereocenters. The van der Waals surface area contributed by atoms with Crippen molar-refractivity contribution in [1.29, 1.82) is 0 Å². The van der Waals surface area contributed by atoms with Crippen LogP contribution in [0, 0.1) is 27.2 Å². The molecule has 0 aliphatic heterocycles. The number of hydrogen-bond donors (Lipinski definition) is 1. The predicted molar refractivity (Wildman–Crippen MR) is 80.1 cm³/mol. The van der Waals surface area contributed by atoms with Crippen molar-refractivity contribution in [2.24, 2.45) is 0 Å². The molecule has 10 nitrogen and oxygen atoms in total. The van der Waals surface area contributed by atoms with Gasteiger partial charge in [0.1, 0.15) is 17.9 Å². The summed E-state index contributed by atoms with van der Waals surface area (Å²) < 4.78 is 1.20. The third-order valence-electron chi connectivity index (χ3n) is 3.21. The van der Waals surface area contributed by atoms with Crippen LogP contribution in [0.1, 0.15) is 18.7 Å². The van der Waals surface area contributed by atoms with Gasteiger partial charge in [0.2, 0.25) is 5.91 Å². The van der Waals surface area contributed by atoms with Crippen molar-refractivity contribution in [2.75, 3.05) is 5.32 Å². The van der Waals surface area contributed by atoms with Crippen molar-refractivity contribution < 1.29 is 14.6 Å². The Kier molecular flexibility index (Phi) is 4.35. The molecule has 1 atom stereocenters. The fourth-order valence-corrected chi connectivity index (χ4v) is 1.88. The van der Waals surface area contributed by atoms with Crippen LogP contribution in [-0.4, -0.2) is 25.5 Å². The first-order valence-electron chi connectivity index (χ1n) is 6.55. The maximum atomic E-state index is 12.1. The van der Waals surface area contributed by atoms with Crippen LogP contribution in [-0.2, 0) is 4.79 Å². The molecule has 0 fully saturated rings. The minimum absolute atomic E-state index is 0.0885. The van der Waals surface area contributed by atoms with E-state index in [1.165, 1.54) is 49.0 Å². The summed E-state index contributed by atoms with van der Waals surface area (Å²) in [5.74, 6) is -0.448. The lowest BCUT2D eigenvalue weighted by atomic mass is 10.2. The summed E-state index contributed by atoms with van der Waals surface area (Å²) in [6, 6.07) is 4.56. The molecule has 2 rings (SSSR count). The standard InChI is InChI=1S/C13H13N5O5/c1-8-12(18(22)23)7-16(15-8)9(2)13(19)14-10-3-5-11(6-4-10)17(20)21/h3-7,9H,1-2H3,(H,14,19). The van der Waals surface area contributed by atoms with E-state index in [0.717, 1.165) is 0 Å². The number of benzene rings is 1. The number of aromatic nitrogens is 2. The molecule has 23 heavy (non-hydrogen) atoms. The van der Waals surface area contributed by atoms with Gasteiger partial charge in [-0.25, -0.2) is 0 Å². The predicted octanol–water partition coefficient (Wildman–Crippen LogP) is 2.21. The first-order chi connectivity index (χ1) is 10.8. The zero-order valence-electron chi connectivity index (χ0n) is 12.3. The van der Waals surface area contributed by atoms with Gasteiger partial charge in [-0.15, -0.1) is 0 Å². The Labute approximate surface area is 130 Å². The summed E-state index contributed by atoms with van der Waals surface area (Å²) in [6.07, 6.45) is 1.19. The highest BCUT2D eigenvalue weighted by molar-refractivity contribution is 5.93. The van der Waals surface area contributed by atoms with E-state index in [9.17, 15) is 25.0 Å². The number of non-ortho nitro benzene ring substituents is 1. The molecule has 120 valence electrons. The number of nitro benzene ring substituents is 1. The molecule has 1 amide bonds. The lowest BCUT2D eigenvalue weighted by molar-refractivity contribution is -0.385. The molecule has 1 aromatic heterocycles. The van der Waals surface area contributed by atoms with Crippen LogP contribution in [0.3, 0.4) is 0 Å². The molecule has 2 aromatic rings. The van der Waals surface area contributed by atoms with E-state index in [4.69, 9.17) is 0 Å². The van der Waals surface area contributed by atoms with Gasteiger partial charge in [-0.05, 0) is 26.0 Å². The van der Waals surface area contributed by atoms with Crippen LogP contribution in [0.2, 0.25) is 0 Å². The van der Waals surface area contributed by atoms with Crippen LogP contribution >= 0.6 is 0 Å². The second-order valence-corrected chi connectivity index (χ2v) is 4.81. The average Bonchev–Trinajstić information content (AvgIpc) is 2.89. The van der Waals surface area contributed by atoms with Crippen molar-refractivity contribution in [1.82, 2.24) is 9.78 Å². The summed E-state index contributed by atoms with van der Waals surface area (Å²) >= 11 is 0. The quantitative estimate of drug-likeness (QED) is 0.663. The summed E-state index contributed by atoms with van der Waals surface area (Å²) in [7, 11) is 0. The van der Waals surface area contributed by atoms with Crippen LogP contribution in [0.15, 0.2) is 30.5 Å². The Bertz CT molecular complexity index is 768. The highest BCUT2D eigenvalue weighted by Crippen LogP contribution is 2.20. The van der Waals surface area contributed by atoms with E-state index in [1.54, 1.807) is 0 Å². The van der Waals surface area contributed by atoms with Gasteiger partial charge in [0.25, 0.3) is 5.69 Å². The van der Waals surface area contributed by atoms with E-state index in [0.29, 0.717) is 5.69 Å². The number of nitrogens with one attached hydrogen (secondary N) is 1. The number of aryl methyl sites for hydroxylation is 1. The Morgan fingerprint density at radius 2 is 1.83 bits per heavy atom. The molecule has 0 saturated carbocycles. The zero-order chi connectivity index (χ0) is 17.1. The number of hydrogen-bond acceptors (Lipinski definition) is 6. The molecule has 1 heterocycles. The van der Waals surface area contributed by atoms with Gasteiger partial charge >= 0.3 is 5.69 Å². The highest BCUT2D eigenvalue weighted by atomic mass is 16.6. The number of nitrogens with zero attached hydrogens (tertiary/aromatic N) is 4. The monoisotopic (exact) mass is 319 g/mol. The van der Waals surface area contributed by atoms with E-state index < -0.39 is 21.8 Å². The number of rotatable bonds is 5. The molecular formula is C13H13N5O5. The summed E-state index contributed by atoms with van der Waals surface area (Å²) in [4.78, 5) is 32.4. The van der Waals surface area contributed by atoms with Crippen molar-refractivity contribution in [3.05, 3.63) is 56.4 Å².